The molecule has 0 aromatic heterocycles. The van der Waals surface area contributed by atoms with Crippen LogP contribution in [0.15, 0.2) is 42.2 Å². The average Bonchev–Trinajstić information content (AvgIpc) is 2.91. The molecule has 1 saturated heterocycles. The zero-order valence-electron chi connectivity index (χ0n) is 13.3. The summed E-state index contributed by atoms with van der Waals surface area (Å²) in [7, 11) is 1.53. The van der Waals surface area contributed by atoms with E-state index in [-0.39, 0.29) is 23.1 Å². The molecule has 2 aliphatic carbocycles. The standard InChI is InChI=1S/C19H19NO3/c1-12(21)20-8-7-19-11-17(23-2)16(22)10-15(19)14-6-4-3-5-13(14)9-18(19)20/h3-6,10-11,18H,7-9H2,1-2H3/t18-,19-/m1/s1. The summed E-state index contributed by atoms with van der Waals surface area (Å²) in [6.45, 7) is 2.34. The number of rotatable bonds is 1. The summed E-state index contributed by atoms with van der Waals surface area (Å²) in [5, 5.41) is 0. The predicted octanol–water partition coefficient (Wildman–Crippen LogP) is 2.35. The molecule has 118 valence electrons. The molecule has 1 amide bonds. The lowest BCUT2D eigenvalue weighted by Crippen LogP contribution is -2.47. The van der Waals surface area contributed by atoms with Crippen LogP contribution in [0, 0.1) is 5.41 Å². The fourth-order valence-corrected chi connectivity index (χ4v) is 4.43. The Morgan fingerprint density at radius 1 is 1.35 bits per heavy atom. The maximum atomic E-state index is 12.3. The molecular weight excluding hydrogens is 290 g/mol. The minimum absolute atomic E-state index is 0.0550. The first kappa shape index (κ1) is 14.2. The van der Waals surface area contributed by atoms with Gasteiger partial charge in [-0.05, 0) is 41.7 Å². The van der Waals surface area contributed by atoms with Crippen molar-refractivity contribution < 1.29 is 14.3 Å². The van der Waals surface area contributed by atoms with Gasteiger partial charge in [0.25, 0.3) is 0 Å². The van der Waals surface area contributed by atoms with Crippen molar-refractivity contribution in [2.75, 3.05) is 13.7 Å². The highest BCUT2D eigenvalue weighted by molar-refractivity contribution is 6.10. The minimum Gasteiger partial charge on any atom is -0.493 e. The highest BCUT2D eigenvalue weighted by atomic mass is 16.5. The maximum absolute atomic E-state index is 12.3. The monoisotopic (exact) mass is 309 g/mol. The lowest BCUT2D eigenvalue weighted by Gasteiger charge is -2.44. The maximum Gasteiger partial charge on any atom is 0.220 e. The molecule has 1 heterocycles. The summed E-state index contributed by atoms with van der Waals surface area (Å²) in [6, 6.07) is 8.25. The van der Waals surface area contributed by atoms with E-state index >= 15 is 0 Å². The molecule has 1 aliphatic heterocycles. The summed E-state index contributed by atoms with van der Waals surface area (Å²) in [4.78, 5) is 26.4. The van der Waals surface area contributed by atoms with Gasteiger partial charge in [-0.1, -0.05) is 24.3 Å². The van der Waals surface area contributed by atoms with Gasteiger partial charge >= 0.3 is 0 Å². The molecule has 0 bridgehead atoms. The van der Waals surface area contributed by atoms with E-state index in [9.17, 15) is 9.59 Å². The quantitative estimate of drug-likeness (QED) is 0.800. The van der Waals surface area contributed by atoms with Crippen LogP contribution in [0.3, 0.4) is 0 Å². The Labute approximate surface area is 135 Å². The van der Waals surface area contributed by atoms with Gasteiger partial charge in [0.2, 0.25) is 11.7 Å². The lowest BCUT2D eigenvalue weighted by atomic mass is 9.62. The van der Waals surface area contributed by atoms with Crippen LogP contribution in [0.5, 0.6) is 0 Å². The Morgan fingerprint density at radius 2 is 2.13 bits per heavy atom. The second-order valence-corrected chi connectivity index (χ2v) is 6.51. The number of fused-ring (bicyclic) bond motifs is 2. The van der Waals surface area contributed by atoms with Crippen molar-refractivity contribution in [2.45, 2.75) is 25.8 Å². The number of methoxy groups -OCH3 is 1. The van der Waals surface area contributed by atoms with Crippen molar-refractivity contribution in [1.82, 2.24) is 4.90 Å². The van der Waals surface area contributed by atoms with E-state index in [0.717, 1.165) is 24.0 Å². The molecule has 0 radical (unpaired) electrons. The van der Waals surface area contributed by atoms with E-state index in [1.807, 2.05) is 23.1 Å². The van der Waals surface area contributed by atoms with E-state index in [2.05, 4.69) is 12.1 Å². The fraction of sp³-hybridized carbons (Fsp3) is 0.368. The minimum atomic E-state index is -0.306. The molecular formula is C19H19NO3. The third kappa shape index (κ3) is 1.84. The Balaban J connectivity index is 1.95. The summed E-state index contributed by atoms with van der Waals surface area (Å²) in [5.74, 6) is 0.392. The number of benzene rings is 1. The molecule has 0 N–H and O–H groups in total. The van der Waals surface area contributed by atoms with Gasteiger partial charge in [0, 0.05) is 24.9 Å². The van der Waals surface area contributed by atoms with Crippen molar-refractivity contribution in [3.8, 4) is 0 Å². The van der Waals surface area contributed by atoms with Gasteiger partial charge in [-0.2, -0.15) is 0 Å². The van der Waals surface area contributed by atoms with Crippen LogP contribution in [-0.2, 0) is 20.7 Å². The molecule has 23 heavy (non-hydrogen) atoms. The van der Waals surface area contributed by atoms with Gasteiger partial charge < -0.3 is 9.64 Å². The van der Waals surface area contributed by atoms with Crippen LogP contribution in [-0.4, -0.2) is 36.3 Å². The molecule has 3 aliphatic rings. The molecule has 4 rings (SSSR count). The first-order valence-corrected chi connectivity index (χ1v) is 7.95. The number of allylic oxidation sites excluding steroid dienone is 1. The zero-order valence-corrected chi connectivity index (χ0v) is 13.3. The van der Waals surface area contributed by atoms with Gasteiger partial charge in [0.1, 0.15) is 0 Å². The number of carbonyl (C=O) groups excluding carboxylic acids is 2. The number of amides is 1. The van der Waals surface area contributed by atoms with E-state index in [1.54, 1.807) is 13.0 Å². The van der Waals surface area contributed by atoms with Crippen LogP contribution in [0.4, 0.5) is 0 Å². The van der Waals surface area contributed by atoms with Crippen LogP contribution >= 0.6 is 0 Å². The van der Waals surface area contributed by atoms with Crippen LogP contribution in [0.25, 0.3) is 5.57 Å². The lowest BCUT2D eigenvalue weighted by molar-refractivity contribution is -0.130. The Morgan fingerprint density at radius 3 is 2.87 bits per heavy atom. The number of hydrogen-bond acceptors (Lipinski definition) is 3. The van der Waals surface area contributed by atoms with Crippen LogP contribution < -0.4 is 0 Å². The Bertz CT molecular complexity index is 777. The Kier molecular flexibility index (Phi) is 2.98. The second-order valence-electron chi connectivity index (χ2n) is 6.51. The van der Waals surface area contributed by atoms with E-state index < -0.39 is 0 Å². The molecule has 4 heteroatoms. The largest absolute Gasteiger partial charge is 0.493 e. The third-order valence-corrected chi connectivity index (χ3v) is 5.49. The first-order chi connectivity index (χ1) is 11.1. The van der Waals surface area contributed by atoms with Gasteiger partial charge in [-0.25, -0.2) is 0 Å². The number of likely N-dealkylation sites (tertiary alicyclic amines) is 1. The van der Waals surface area contributed by atoms with Crippen molar-refractivity contribution in [2.24, 2.45) is 5.41 Å². The van der Waals surface area contributed by atoms with E-state index in [4.69, 9.17) is 4.74 Å². The van der Waals surface area contributed by atoms with Crippen LogP contribution in [0.2, 0.25) is 0 Å². The summed E-state index contributed by atoms with van der Waals surface area (Å²) in [6.07, 6.45) is 5.33. The predicted molar refractivity (Wildman–Crippen MR) is 86.4 cm³/mol. The molecule has 1 fully saturated rings. The number of ketones is 1. The number of nitrogens with zero attached hydrogens (tertiary/aromatic N) is 1. The van der Waals surface area contributed by atoms with E-state index in [0.29, 0.717) is 12.3 Å². The number of ether oxygens (including phenoxy) is 1. The summed E-state index contributed by atoms with van der Waals surface area (Å²) >= 11 is 0. The molecule has 1 aromatic rings. The number of hydrogen-bond donors (Lipinski definition) is 0. The topological polar surface area (TPSA) is 46.6 Å². The van der Waals surface area contributed by atoms with E-state index in [1.165, 1.54) is 12.7 Å². The summed E-state index contributed by atoms with van der Waals surface area (Å²) in [5.41, 5.74) is 3.07. The number of carbonyl (C=O) groups is 2. The highest BCUT2D eigenvalue weighted by Gasteiger charge is 2.54. The molecule has 1 aromatic carbocycles. The molecule has 0 saturated carbocycles. The molecule has 4 nitrogen and oxygen atoms in total. The summed E-state index contributed by atoms with van der Waals surface area (Å²) < 4.78 is 5.30. The van der Waals surface area contributed by atoms with Crippen molar-refractivity contribution >= 4 is 17.3 Å². The molecule has 1 spiro atoms. The molecule has 0 unspecified atom stereocenters. The smallest absolute Gasteiger partial charge is 0.220 e. The molecule has 2 atom stereocenters. The van der Waals surface area contributed by atoms with Gasteiger partial charge in [0.05, 0.1) is 7.11 Å². The normalized spacial score (nSPS) is 28.3. The SMILES string of the molecule is COC1=C[C@@]23CCN(C(C)=O)[C@@H]2Cc2ccccc2C3=CC1=O. The third-order valence-electron chi connectivity index (χ3n) is 5.49. The fourth-order valence-electron chi connectivity index (χ4n) is 4.43. The van der Waals surface area contributed by atoms with Crippen LogP contribution in [0.1, 0.15) is 24.5 Å². The van der Waals surface area contributed by atoms with Crippen molar-refractivity contribution in [3.05, 3.63) is 53.3 Å². The average molecular weight is 309 g/mol. The van der Waals surface area contributed by atoms with Crippen molar-refractivity contribution in [3.63, 3.8) is 0 Å². The zero-order chi connectivity index (χ0) is 16.2. The highest BCUT2D eigenvalue weighted by Crippen LogP contribution is 2.55. The Hall–Kier alpha value is -2.36. The van der Waals surface area contributed by atoms with Gasteiger partial charge in [-0.15, -0.1) is 0 Å². The second kappa shape index (κ2) is 4.82. The van der Waals surface area contributed by atoms with Gasteiger partial charge in [0.15, 0.2) is 5.76 Å². The van der Waals surface area contributed by atoms with Gasteiger partial charge in [-0.3, -0.25) is 9.59 Å². The first-order valence-electron chi connectivity index (χ1n) is 7.95. The van der Waals surface area contributed by atoms with Crippen molar-refractivity contribution in [1.29, 1.82) is 0 Å².